The van der Waals surface area contributed by atoms with Gasteiger partial charge < -0.3 is 14.8 Å². The lowest BCUT2D eigenvalue weighted by Crippen LogP contribution is -2.32. The fourth-order valence-corrected chi connectivity index (χ4v) is 1.77. The molecule has 0 saturated heterocycles. The summed E-state index contributed by atoms with van der Waals surface area (Å²) in [5.41, 5.74) is 2.75. The van der Waals surface area contributed by atoms with Crippen LogP contribution in [0.25, 0.3) is 0 Å². The van der Waals surface area contributed by atoms with Gasteiger partial charge in [0, 0.05) is 12.8 Å². The number of carbonyl (C=O) groups is 3. The Bertz CT molecular complexity index is 627. The zero-order valence-corrected chi connectivity index (χ0v) is 11.9. The van der Waals surface area contributed by atoms with Crippen molar-refractivity contribution in [3.63, 3.8) is 0 Å². The van der Waals surface area contributed by atoms with Crippen molar-refractivity contribution >= 4 is 29.2 Å². The van der Waals surface area contributed by atoms with E-state index in [0.717, 1.165) is 0 Å². The van der Waals surface area contributed by atoms with Crippen molar-refractivity contribution in [1.29, 1.82) is 0 Å². The van der Waals surface area contributed by atoms with Gasteiger partial charge in [0.2, 0.25) is 5.91 Å². The van der Waals surface area contributed by atoms with E-state index in [4.69, 9.17) is 9.47 Å². The SMILES string of the molecule is COc1ccccc1NC(=O)COC(=O)C1=NNC(=O)CC1. The van der Waals surface area contributed by atoms with Gasteiger partial charge in [-0.3, -0.25) is 9.59 Å². The number of ether oxygens (including phenoxy) is 2. The third-order valence-corrected chi connectivity index (χ3v) is 2.86. The molecule has 1 aliphatic rings. The summed E-state index contributed by atoms with van der Waals surface area (Å²) >= 11 is 0. The standard InChI is InChI=1S/C14H15N3O5/c1-21-11-5-3-2-4-9(11)15-13(19)8-22-14(20)10-6-7-12(18)17-16-10/h2-5H,6-8H2,1H3,(H,15,19)(H,17,18). The maximum atomic E-state index is 11.8. The van der Waals surface area contributed by atoms with E-state index in [-0.39, 0.29) is 24.5 Å². The van der Waals surface area contributed by atoms with Gasteiger partial charge in [-0.1, -0.05) is 12.1 Å². The minimum Gasteiger partial charge on any atom is -0.495 e. The van der Waals surface area contributed by atoms with Gasteiger partial charge in [-0.15, -0.1) is 0 Å². The molecule has 0 aromatic heterocycles. The van der Waals surface area contributed by atoms with Gasteiger partial charge in [0.05, 0.1) is 12.8 Å². The molecule has 0 spiro atoms. The van der Waals surface area contributed by atoms with Crippen molar-refractivity contribution in [2.75, 3.05) is 19.0 Å². The topological polar surface area (TPSA) is 106 Å². The second-order valence-electron chi connectivity index (χ2n) is 4.42. The van der Waals surface area contributed by atoms with Gasteiger partial charge in [-0.2, -0.15) is 5.10 Å². The van der Waals surface area contributed by atoms with Crippen molar-refractivity contribution < 1.29 is 23.9 Å². The van der Waals surface area contributed by atoms with Crippen LogP contribution in [0.1, 0.15) is 12.8 Å². The fraction of sp³-hybridized carbons (Fsp3) is 0.286. The predicted octanol–water partition coefficient (Wildman–Crippen LogP) is 0.443. The lowest BCUT2D eigenvalue weighted by molar-refractivity contribution is -0.140. The molecule has 0 atom stereocenters. The number of rotatable bonds is 5. The van der Waals surface area contributed by atoms with Crippen LogP contribution in [0.5, 0.6) is 5.75 Å². The summed E-state index contributed by atoms with van der Waals surface area (Å²) in [4.78, 5) is 34.4. The molecule has 0 bridgehead atoms. The van der Waals surface area contributed by atoms with E-state index < -0.39 is 18.5 Å². The second-order valence-corrected chi connectivity index (χ2v) is 4.42. The molecule has 2 amide bonds. The number of nitrogens with zero attached hydrogens (tertiary/aromatic N) is 1. The summed E-state index contributed by atoms with van der Waals surface area (Å²) in [6, 6.07) is 6.87. The van der Waals surface area contributed by atoms with Crippen molar-refractivity contribution in [3.05, 3.63) is 24.3 Å². The van der Waals surface area contributed by atoms with E-state index in [1.807, 2.05) is 0 Å². The number of hydrazone groups is 1. The first-order valence-electron chi connectivity index (χ1n) is 6.55. The number of carbonyl (C=O) groups excluding carboxylic acids is 3. The van der Waals surface area contributed by atoms with Crippen LogP contribution in [0.15, 0.2) is 29.4 Å². The fourth-order valence-electron chi connectivity index (χ4n) is 1.77. The lowest BCUT2D eigenvalue weighted by Gasteiger charge is -2.12. The normalized spacial score (nSPS) is 13.7. The van der Waals surface area contributed by atoms with E-state index in [9.17, 15) is 14.4 Å². The Morgan fingerprint density at radius 3 is 2.77 bits per heavy atom. The number of esters is 1. The van der Waals surface area contributed by atoms with E-state index >= 15 is 0 Å². The first kappa shape index (κ1) is 15.5. The molecule has 8 heteroatoms. The molecule has 1 aromatic carbocycles. The molecule has 0 radical (unpaired) electrons. The largest absolute Gasteiger partial charge is 0.495 e. The van der Waals surface area contributed by atoms with Gasteiger partial charge in [0.25, 0.3) is 5.91 Å². The van der Waals surface area contributed by atoms with Crippen LogP contribution in [-0.2, 0) is 19.1 Å². The third-order valence-electron chi connectivity index (χ3n) is 2.86. The summed E-state index contributed by atoms with van der Waals surface area (Å²) in [5, 5.41) is 6.17. The molecule has 1 aliphatic heterocycles. The van der Waals surface area contributed by atoms with E-state index in [1.54, 1.807) is 24.3 Å². The first-order valence-corrected chi connectivity index (χ1v) is 6.55. The number of methoxy groups -OCH3 is 1. The molecule has 22 heavy (non-hydrogen) atoms. The highest BCUT2D eigenvalue weighted by atomic mass is 16.5. The summed E-state index contributed by atoms with van der Waals surface area (Å²) in [7, 11) is 1.49. The summed E-state index contributed by atoms with van der Waals surface area (Å²) in [5.74, 6) is -0.986. The number of hydrogen-bond donors (Lipinski definition) is 2. The molecule has 0 aliphatic carbocycles. The van der Waals surface area contributed by atoms with Crippen LogP contribution in [-0.4, -0.2) is 37.2 Å². The number of para-hydroxylation sites is 2. The van der Waals surface area contributed by atoms with Gasteiger partial charge in [-0.05, 0) is 12.1 Å². The minimum absolute atomic E-state index is 0.0877. The average Bonchev–Trinajstić information content (AvgIpc) is 2.54. The van der Waals surface area contributed by atoms with Gasteiger partial charge in [0.1, 0.15) is 11.5 Å². The highest BCUT2D eigenvalue weighted by Crippen LogP contribution is 2.22. The molecule has 0 unspecified atom stereocenters. The minimum atomic E-state index is -0.727. The van der Waals surface area contributed by atoms with Gasteiger partial charge in [-0.25, -0.2) is 10.2 Å². The van der Waals surface area contributed by atoms with Crippen LogP contribution >= 0.6 is 0 Å². The van der Waals surface area contributed by atoms with Gasteiger partial charge in [0.15, 0.2) is 6.61 Å². The average molecular weight is 305 g/mol. The molecule has 1 heterocycles. The number of benzene rings is 1. The molecule has 1 aromatic rings. The molecule has 2 N–H and O–H groups in total. The first-order chi connectivity index (χ1) is 10.6. The maximum Gasteiger partial charge on any atom is 0.355 e. The van der Waals surface area contributed by atoms with Crippen LogP contribution in [0, 0.1) is 0 Å². The Balaban J connectivity index is 1.85. The Morgan fingerprint density at radius 1 is 1.32 bits per heavy atom. The molecule has 116 valence electrons. The van der Waals surface area contributed by atoms with Crippen LogP contribution in [0.4, 0.5) is 5.69 Å². The number of hydrogen-bond acceptors (Lipinski definition) is 6. The molecule has 0 saturated carbocycles. The predicted molar refractivity (Wildman–Crippen MR) is 77.4 cm³/mol. The van der Waals surface area contributed by atoms with Crippen molar-refractivity contribution in [1.82, 2.24) is 5.43 Å². The second kappa shape index (κ2) is 7.21. The van der Waals surface area contributed by atoms with Crippen molar-refractivity contribution in [2.24, 2.45) is 5.10 Å². The lowest BCUT2D eigenvalue weighted by atomic mass is 10.2. The smallest absolute Gasteiger partial charge is 0.355 e. The van der Waals surface area contributed by atoms with Crippen molar-refractivity contribution in [3.8, 4) is 5.75 Å². The van der Waals surface area contributed by atoms with Crippen molar-refractivity contribution in [2.45, 2.75) is 12.8 Å². The summed E-state index contributed by atoms with van der Waals surface area (Å²) in [6.07, 6.45) is 0.361. The number of amides is 2. The Kier molecular flexibility index (Phi) is 5.07. The zero-order chi connectivity index (χ0) is 15.9. The van der Waals surface area contributed by atoms with E-state index in [2.05, 4.69) is 15.8 Å². The number of nitrogens with one attached hydrogen (secondary N) is 2. The Hall–Kier alpha value is -2.90. The van der Waals surface area contributed by atoms with Crippen LogP contribution in [0.3, 0.4) is 0 Å². The molecule has 0 fully saturated rings. The summed E-state index contributed by atoms with van der Waals surface area (Å²) in [6.45, 7) is -0.455. The number of anilines is 1. The molecule has 2 rings (SSSR count). The molecular weight excluding hydrogens is 290 g/mol. The quantitative estimate of drug-likeness (QED) is 0.768. The van der Waals surface area contributed by atoms with E-state index in [1.165, 1.54) is 7.11 Å². The maximum absolute atomic E-state index is 11.8. The summed E-state index contributed by atoms with van der Waals surface area (Å²) < 4.78 is 9.95. The van der Waals surface area contributed by atoms with E-state index in [0.29, 0.717) is 11.4 Å². The Morgan fingerprint density at radius 2 is 2.09 bits per heavy atom. The van der Waals surface area contributed by atoms with Crippen LogP contribution < -0.4 is 15.5 Å². The zero-order valence-electron chi connectivity index (χ0n) is 11.9. The monoisotopic (exact) mass is 305 g/mol. The van der Waals surface area contributed by atoms with Gasteiger partial charge >= 0.3 is 5.97 Å². The highest BCUT2D eigenvalue weighted by Gasteiger charge is 2.20. The Labute approximate surface area is 126 Å². The highest BCUT2D eigenvalue weighted by molar-refractivity contribution is 6.37. The molecule has 8 nitrogen and oxygen atoms in total. The molecular formula is C14H15N3O5. The third kappa shape index (κ3) is 4.05. The van der Waals surface area contributed by atoms with Crippen LogP contribution in [0.2, 0.25) is 0 Å².